The second-order valence-corrected chi connectivity index (χ2v) is 5.49. The normalized spacial score (nSPS) is 12.6. The molecule has 0 aliphatic heterocycles. The van der Waals surface area contributed by atoms with E-state index in [1.54, 1.807) is 0 Å². The van der Waals surface area contributed by atoms with Crippen molar-refractivity contribution in [3.8, 4) is 5.75 Å². The van der Waals surface area contributed by atoms with Crippen molar-refractivity contribution in [2.24, 2.45) is 5.73 Å². The van der Waals surface area contributed by atoms with Gasteiger partial charge in [0.15, 0.2) is 0 Å². The summed E-state index contributed by atoms with van der Waals surface area (Å²) >= 11 is 10.2. The summed E-state index contributed by atoms with van der Waals surface area (Å²) in [7, 11) is 0. The maximum Gasteiger partial charge on any atom is 0.148 e. The van der Waals surface area contributed by atoms with Crippen molar-refractivity contribution in [3.63, 3.8) is 0 Å². The first-order valence-corrected chi connectivity index (χ1v) is 6.43. The lowest BCUT2D eigenvalue weighted by Gasteiger charge is -2.15. The number of halogens is 3. The molecule has 0 aliphatic rings. The average molecular weight is 388 g/mol. The quantitative estimate of drug-likeness (QED) is 0.858. The van der Waals surface area contributed by atoms with Gasteiger partial charge in [-0.1, -0.05) is 15.9 Å². The molecule has 0 spiro atoms. The summed E-state index contributed by atoms with van der Waals surface area (Å²) in [6.07, 6.45) is 0.00350. The minimum absolute atomic E-state index is 0.00350. The zero-order valence-corrected chi connectivity index (χ0v) is 12.3. The van der Waals surface area contributed by atoms with E-state index in [1.807, 2.05) is 19.1 Å². The highest BCUT2D eigenvalue weighted by atomic mass is 79.9. The summed E-state index contributed by atoms with van der Waals surface area (Å²) in [4.78, 5) is 0. The van der Waals surface area contributed by atoms with E-state index in [0.717, 1.165) is 19.2 Å². The molecule has 0 fully saturated rings. The number of benzene rings is 1. The predicted octanol–water partition coefficient (Wildman–Crippen LogP) is 3.70. The van der Waals surface area contributed by atoms with Gasteiger partial charge in [-0.15, -0.1) is 0 Å². The SMILES string of the molecule is CC(CN)Oc1c(Br)cc(Br)cc1Br. The Kier molecular flexibility index (Phi) is 4.90. The molecule has 0 bridgehead atoms. The summed E-state index contributed by atoms with van der Waals surface area (Å²) in [5.74, 6) is 0.783. The predicted molar refractivity (Wildman–Crippen MR) is 68.7 cm³/mol. The van der Waals surface area contributed by atoms with Crippen molar-refractivity contribution in [2.45, 2.75) is 13.0 Å². The molecule has 1 aromatic carbocycles. The van der Waals surface area contributed by atoms with E-state index < -0.39 is 0 Å². The van der Waals surface area contributed by atoms with Crippen LogP contribution in [0.5, 0.6) is 5.75 Å². The van der Waals surface area contributed by atoms with Gasteiger partial charge in [-0.2, -0.15) is 0 Å². The van der Waals surface area contributed by atoms with Gasteiger partial charge < -0.3 is 10.5 Å². The summed E-state index contributed by atoms with van der Waals surface area (Å²) < 4.78 is 8.43. The van der Waals surface area contributed by atoms with Crippen LogP contribution < -0.4 is 10.5 Å². The molecule has 0 amide bonds. The summed E-state index contributed by atoms with van der Waals surface area (Å²) in [5.41, 5.74) is 5.49. The lowest BCUT2D eigenvalue weighted by Crippen LogP contribution is -2.23. The van der Waals surface area contributed by atoms with Crippen molar-refractivity contribution < 1.29 is 4.74 Å². The second-order valence-electron chi connectivity index (χ2n) is 2.86. The van der Waals surface area contributed by atoms with Crippen LogP contribution >= 0.6 is 47.8 Å². The van der Waals surface area contributed by atoms with Crippen molar-refractivity contribution in [2.75, 3.05) is 6.54 Å². The second kappa shape index (κ2) is 5.49. The van der Waals surface area contributed by atoms with Gasteiger partial charge in [0.25, 0.3) is 0 Å². The minimum Gasteiger partial charge on any atom is -0.487 e. The van der Waals surface area contributed by atoms with E-state index >= 15 is 0 Å². The number of rotatable bonds is 3. The van der Waals surface area contributed by atoms with E-state index in [0.29, 0.717) is 6.54 Å². The Morgan fingerprint density at radius 2 is 1.79 bits per heavy atom. The van der Waals surface area contributed by atoms with Gasteiger partial charge in [-0.3, -0.25) is 0 Å². The largest absolute Gasteiger partial charge is 0.487 e. The smallest absolute Gasteiger partial charge is 0.148 e. The zero-order chi connectivity index (χ0) is 10.7. The third kappa shape index (κ3) is 3.22. The van der Waals surface area contributed by atoms with E-state index in [9.17, 15) is 0 Å². The Morgan fingerprint density at radius 3 is 2.21 bits per heavy atom. The molecule has 2 nitrogen and oxygen atoms in total. The Hall–Kier alpha value is 0.420. The summed E-state index contributed by atoms with van der Waals surface area (Å²) in [5, 5.41) is 0. The molecule has 0 aromatic heterocycles. The molecule has 2 N–H and O–H groups in total. The molecule has 5 heteroatoms. The van der Waals surface area contributed by atoms with Crippen LogP contribution in [-0.4, -0.2) is 12.6 Å². The van der Waals surface area contributed by atoms with Gasteiger partial charge in [-0.25, -0.2) is 0 Å². The molecule has 1 atom stereocenters. The van der Waals surface area contributed by atoms with Crippen molar-refractivity contribution in [3.05, 3.63) is 25.6 Å². The van der Waals surface area contributed by atoms with Gasteiger partial charge in [0.2, 0.25) is 0 Å². The number of hydrogen-bond acceptors (Lipinski definition) is 2. The van der Waals surface area contributed by atoms with E-state index in [2.05, 4.69) is 47.8 Å². The molecule has 0 aliphatic carbocycles. The molecule has 1 unspecified atom stereocenters. The Labute approximate surface area is 109 Å². The summed E-state index contributed by atoms with van der Waals surface area (Å²) in [6, 6.07) is 3.87. The third-order valence-corrected chi connectivity index (χ3v) is 3.25. The van der Waals surface area contributed by atoms with Crippen molar-refractivity contribution >= 4 is 47.8 Å². The van der Waals surface area contributed by atoms with E-state index in [1.165, 1.54) is 0 Å². The molecule has 0 saturated carbocycles. The first-order valence-electron chi connectivity index (χ1n) is 4.06. The lowest BCUT2D eigenvalue weighted by atomic mass is 10.3. The first-order chi connectivity index (χ1) is 6.54. The molecule has 0 radical (unpaired) electrons. The van der Waals surface area contributed by atoms with Crippen molar-refractivity contribution in [1.82, 2.24) is 0 Å². The van der Waals surface area contributed by atoms with Crippen molar-refractivity contribution in [1.29, 1.82) is 0 Å². The van der Waals surface area contributed by atoms with Crippen LogP contribution in [0.25, 0.3) is 0 Å². The molecule has 1 aromatic rings. The topological polar surface area (TPSA) is 35.2 Å². The fraction of sp³-hybridized carbons (Fsp3) is 0.333. The number of hydrogen-bond donors (Lipinski definition) is 1. The Balaban J connectivity index is 2.96. The van der Waals surface area contributed by atoms with Gasteiger partial charge in [0.05, 0.1) is 8.95 Å². The van der Waals surface area contributed by atoms with Gasteiger partial charge in [-0.05, 0) is 50.9 Å². The van der Waals surface area contributed by atoms with Crippen LogP contribution in [0.15, 0.2) is 25.6 Å². The highest BCUT2D eigenvalue weighted by Crippen LogP contribution is 2.36. The summed E-state index contributed by atoms with van der Waals surface area (Å²) in [6.45, 7) is 2.43. The fourth-order valence-corrected chi connectivity index (χ4v) is 3.34. The fourth-order valence-electron chi connectivity index (χ4n) is 0.891. The van der Waals surface area contributed by atoms with Crippen LogP contribution in [0.1, 0.15) is 6.92 Å². The molecular formula is C9H10Br3NO. The van der Waals surface area contributed by atoms with Crippen LogP contribution in [0.2, 0.25) is 0 Å². The molecule has 0 saturated heterocycles. The first kappa shape index (κ1) is 12.5. The highest BCUT2D eigenvalue weighted by Gasteiger charge is 2.10. The maximum absolute atomic E-state index is 5.64. The van der Waals surface area contributed by atoms with Crippen LogP contribution in [0.3, 0.4) is 0 Å². The molecule has 14 heavy (non-hydrogen) atoms. The standard InChI is InChI=1S/C9H10Br3NO/c1-5(4-13)14-9-7(11)2-6(10)3-8(9)12/h2-3,5H,4,13H2,1H3. The number of ether oxygens (including phenoxy) is 1. The van der Waals surface area contributed by atoms with Gasteiger partial charge >= 0.3 is 0 Å². The number of nitrogens with two attached hydrogens (primary N) is 1. The van der Waals surface area contributed by atoms with Crippen LogP contribution in [-0.2, 0) is 0 Å². The van der Waals surface area contributed by atoms with E-state index in [-0.39, 0.29) is 6.10 Å². The average Bonchev–Trinajstić information content (AvgIpc) is 2.10. The Bertz CT molecular complexity index is 307. The zero-order valence-electron chi connectivity index (χ0n) is 7.56. The molecular weight excluding hydrogens is 378 g/mol. The maximum atomic E-state index is 5.64. The third-order valence-electron chi connectivity index (χ3n) is 1.61. The molecule has 78 valence electrons. The Morgan fingerprint density at radius 1 is 1.29 bits per heavy atom. The monoisotopic (exact) mass is 385 g/mol. The molecule has 0 heterocycles. The highest BCUT2D eigenvalue weighted by molar-refractivity contribution is 9.11. The molecule has 1 rings (SSSR count). The van der Waals surface area contributed by atoms with Gasteiger partial charge in [0, 0.05) is 11.0 Å². The van der Waals surface area contributed by atoms with Crippen LogP contribution in [0, 0.1) is 0 Å². The van der Waals surface area contributed by atoms with E-state index in [4.69, 9.17) is 10.5 Å². The van der Waals surface area contributed by atoms with Gasteiger partial charge in [0.1, 0.15) is 11.9 Å². The lowest BCUT2D eigenvalue weighted by molar-refractivity contribution is 0.227. The minimum atomic E-state index is 0.00350. The van der Waals surface area contributed by atoms with Crippen LogP contribution in [0.4, 0.5) is 0 Å².